The number of sulfonamides is 1. The summed E-state index contributed by atoms with van der Waals surface area (Å²) < 4.78 is 40.0. The molecule has 0 aliphatic carbocycles. The Bertz CT molecular complexity index is 1000. The highest BCUT2D eigenvalue weighted by Crippen LogP contribution is 2.19. The van der Waals surface area contributed by atoms with E-state index in [0.29, 0.717) is 16.8 Å². The smallest absolute Gasteiger partial charge is 0.321 e. The maximum Gasteiger partial charge on any atom is 0.321 e. The van der Waals surface area contributed by atoms with Crippen LogP contribution >= 0.6 is 0 Å². The van der Waals surface area contributed by atoms with Crippen LogP contribution in [-0.4, -0.2) is 31.4 Å². The molecule has 1 amide bonds. The fourth-order valence-corrected chi connectivity index (χ4v) is 3.51. The standard InChI is InChI=1S/C18H19FN2O5S/c1-10-4-6-14(27(25,26)21-12(3)18(23)24)9-15(10)17(22)20-13-5-7-16(19)11(2)8-13/h4-9,12,21H,1-3H3,(H,20,22)(H,23,24)/t12-/m1/s1. The summed E-state index contributed by atoms with van der Waals surface area (Å²) in [6.45, 7) is 4.38. The van der Waals surface area contributed by atoms with Gasteiger partial charge >= 0.3 is 5.97 Å². The van der Waals surface area contributed by atoms with Gasteiger partial charge in [-0.3, -0.25) is 9.59 Å². The van der Waals surface area contributed by atoms with Gasteiger partial charge < -0.3 is 10.4 Å². The van der Waals surface area contributed by atoms with Crippen LogP contribution in [0.3, 0.4) is 0 Å². The number of anilines is 1. The van der Waals surface area contributed by atoms with Crippen molar-refractivity contribution < 1.29 is 27.5 Å². The van der Waals surface area contributed by atoms with Crippen molar-refractivity contribution in [2.24, 2.45) is 0 Å². The van der Waals surface area contributed by atoms with Gasteiger partial charge in [0.25, 0.3) is 5.91 Å². The molecule has 2 aromatic carbocycles. The summed E-state index contributed by atoms with van der Waals surface area (Å²) in [5.41, 5.74) is 1.34. The molecule has 0 aliphatic heterocycles. The molecule has 2 aromatic rings. The summed E-state index contributed by atoms with van der Waals surface area (Å²) >= 11 is 0. The maximum atomic E-state index is 13.3. The lowest BCUT2D eigenvalue weighted by Gasteiger charge is -2.13. The van der Waals surface area contributed by atoms with E-state index in [1.165, 1.54) is 37.3 Å². The van der Waals surface area contributed by atoms with Crippen molar-refractivity contribution in [1.29, 1.82) is 0 Å². The van der Waals surface area contributed by atoms with E-state index in [4.69, 9.17) is 5.11 Å². The average molecular weight is 394 g/mol. The predicted molar refractivity (Wildman–Crippen MR) is 97.7 cm³/mol. The number of hydrogen-bond acceptors (Lipinski definition) is 4. The quantitative estimate of drug-likeness (QED) is 0.697. The Kier molecular flexibility index (Phi) is 5.97. The molecule has 0 aliphatic rings. The third kappa shape index (κ3) is 4.89. The molecular weight excluding hydrogens is 375 g/mol. The molecule has 0 bridgehead atoms. The van der Waals surface area contributed by atoms with Crippen LogP contribution in [0, 0.1) is 19.7 Å². The van der Waals surface area contributed by atoms with Crippen LogP contribution in [0.5, 0.6) is 0 Å². The van der Waals surface area contributed by atoms with Crippen LogP contribution in [0.2, 0.25) is 0 Å². The van der Waals surface area contributed by atoms with E-state index in [9.17, 15) is 22.4 Å². The van der Waals surface area contributed by atoms with Gasteiger partial charge in [0.15, 0.2) is 0 Å². The van der Waals surface area contributed by atoms with E-state index in [1.807, 2.05) is 4.72 Å². The first-order valence-electron chi connectivity index (χ1n) is 7.94. The number of hydrogen-bond donors (Lipinski definition) is 3. The van der Waals surface area contributed by atoms with Crippen LogP contribution in [0.15, 0.2) is 41.3 Å². The number of amides is 1. The first kappa shape index (κ1) is 20.5. The zero-order valence-corrected chi connectivity index (χ0v) is 15.7. The summed E-state index contributed by atoms with van der Waals surface area (Å²) in [7, 11) is -4.12. The van der Waals surface area contributed by atoms with Gasteiger partial charge in [0.2, 0.25) is 10.0 Å². The minimum Gasteiger partial charge on any atom is -0.480 e. The first-order valence-corrected chi connectivity index (χ1v) is 9.43. The molecule has 3 N–H and O–H groups in total. The highest BCUT2D eigenvalue weighted by atomic mass is 32.2. The highest BCUT2D eigenvalue weighted by molar-refractivity contribution is 7.89. The monoisotopic (exact) mass is 394 g/mol. The molecule has 0 fully saturated rings. The fraction of sp³-hybridized carbons (Fsp3) is 0.222. The van der Waals surface area contributed by atoms with Gasteiger partial charge in [0.1, 0.15) is 11.9 Å². The van der Waals surface area contributed by atoms with Crippen LogP contribution in [0.1, 0.15) is 28.4 Å². The van der Waals surface area contributed by atoms with Crippen molar-refractivity contribution >= 4 is 27.6 Å². The number of rotatable bonds is 6. The molecule has 2 rings (SSSR count). The highest BCUT2D eigenvalue weighted by Gasteiger charge is 2.23. The zero-order valence-electron chi connectivity index (χ0n) is 14.9. The van der Waals surface area contributed by atoms with Gasteiger partial charge in [-0.1, -0.05) is 6.07 Å². The third-order valence-corrected chi connectivity index (χ3v) is 5.42. The normalized spacial score (nSPS) is 12.4. The Hall–Kier alpha value is -2.78. The van der Waals surface area contributed by atoms with Crippen molar-refractivity contribution in [3.63, 3.8) is 0 Å². The second kappa shape index (κ2) is 7.85. The fourth-order valence-electron chi connectivity index (χ4n) is 2.28. The second-order valence-corrected chi connectivity index (χ2v) is 7.79. The number of carboxylic acid groups (broad SMARTS) is 1. The molecule has 0 saturated heterocycles. The number of carboxylic acids is 1. The largest absolute Gasteiger partial charge is 0.480 e. The average Bonchev–Trinajstić information content (AvgIpc) is 2.57. The molecule has 7 nitrogen and oxygen atoms in total. The number of aliphatic carboxylic acids is 1. The predicted octanol–water partition coefficient (Wildman–Crippen LogP) is 2.45. The number of carbonyl (C=O) groups is 2. The van der Waals surface area contributed by atoms with Crippen LogP contribution in [0.25, 0.3) is 0 Å². The molecule has 9 heteroatoms. The lowest BCUT2D eigenvalue weighted by molar-refractivity contribution is -0.138. The Morgan fingerprint density at radius 1 is 1.07 bits per heavy atom. The van der Waals surface area contributed by atoms with Crippen LogP contribution in [-0.2, 0) is 14.8 Å². The van der Waals surface area contributed by atoms with Crippen molar-refractivity contribution in [2.45, 2.75) is 31.7 Å². The van der Waals surface area contributed by atoms with Gasteiger partial charge in [0.05, 0.1) is 4.90 Å². The Morgan fingerprint density at radius 2 is 1.74 bits per heavy atom. The van der Waals surface area contributed by atoms with E-state index in [1.54, 1.807) is 13.8 Å². The molecule has 0 radical (unpaired) electrons. The molecule has 0 unspecified atom stereocenters. The molecule has 0 aromatic heterocycles. The molecule has 0 saturated carbocycles. The summed E-state index contributed by atoms with van der Waals surface area (Å²) in [6.07, 6.45) is 0. The summed E-state index contributed by atoms with van der Waals surface area (Å²) in [5.74, 6) is -2.30. The van der Waals surface area contributed by atoms with Crippen molar-refractivity contribution in [3.05, 3.63) is 58.9 Å². The molecule has 27 heavy (non-hydrogen) atoms. The van der Waals surface area contributed by atoms with E-state index in [-0.39, 0.29) is 10.5 Å². The molecule has 144 valence electrons. The summed E-state index contributed by atoms with van der Waals surface area (Å²) in [4.78, 5) is 23.2. The Labute approximate surface area is 156 Å². The minimum atomic E-state index is -4.12. The Balaban J connectivity index is 2.32. The number of nitrogens with one attached hydrogen (secondary N) is 2. The molecule has 0 heterocycles. The van der Waals surface area contributed by atoms with Gasteiger partial charge in [-0.25, -0.2) is 12.8 Å². The van der Waals surface area contributed by atoms with Gasteiger partial charge in [-0.2, -0.15) is 4.72 Å². The van der Waals surface area contributed by atoms with Gasteiger partial charge in [0, 0.05) is 11.3 Å². The number of halogens is 1. The van der Waals surface area contributed by atoms with Crippen LogP contribution in [0.4, 0.5) is 10.1 Å². The van der Waals surface area contributed by atoms with Crippen molar-refractivity contribution in [3.8, 4) is 0 Å². The topological polar surface area (TPSA) is 113 Å². The van der Waals surface area contributed by atoms with Crippen molar-refractivity contribution in [1.82, 2.24) is 4.72 Å². The summed E-state index contributed by atoms with van der Waals surface area (Å²) in [6, 6.07) is 6.64. The van der Waals surface area contributed by atoms with E-state index in [2.05, 4.69) is 5.32 Å². The molecule has 0 spiro atoms. The lowest BCUT2D eigenvalue weighted by atomic mass is 10.1. The first-order chi connectivity index (χ1) is 12.5. The third-order valence-electron chi connectivity index (χ3n) is 3.88. The maximum absolute atomic E-state index is 13.3. The van der Waals surface area contributed by atoms with Crippen molar-refractivity contribution in [2.75, 3.05) is 5.32 Å². The van der Waals surface area contributed by atoms with E-state index in [0.717, 1.165) is 6.07 Å². The van der Waals surface area contributed by atoms with Crippen LogP contribution < -0.4 is 10.0 Å². The zero-order chi connectivity index (χ0) is 20.4. The number of aryl methyl sites for hydroxylation is 2. The van der Waals surface area contributed by atoms with Gasteiger partial charge in [-0.15, -0.1) is 0 Å². The van der Waals surface area contributed by atoms with E-state index < -0.39 is 33.8 Å². The molecular formula is C18H19FN2O5S. The van der Waals surface area contributed by atoms with E-state index >= 15 is 0 Å². The lowest BCUT2D eigenvalue weighted by Crippen LogP contribution is -2.38. The minimum absolute atomic E-state index is 0.0998. The summed E-state index contributed by atoms with van der Waals surface area (Å²) in [5, 5.41) is 11.5. The SMILES string of the molecule is Cc1cc(NC(=O)c2cc(S(=O)(=O)N[C@H](C)C(=O)O)ccc2C)ccc1F. The second-order valence-electron chi connectivity index (χ2n) is 6.08. The molecule has 1 atom stereocenters. The number of benzene rings is 2. The Morgan fingerprint density at radius 3 is 2.33 bits per heavy atom. The number of carbonyl (C=O) groups excluding carboxylic acids is 1. The van der Waals surface area contributed by atoms with Gasteiger partial charge in [-0.05, 0) is 62.2 Å².